The molecule has 9 heteroatoms. The number of benzene rings is 1. The molecule has 0 aliphatic carbocycles. The van der Waals surface area contributed by atoms with E-state index in [0.29, 0.717) is 23.8 Å². The molecule has 0 spiro atoms. The monoisotopic (exact) mass is 499 g/mol. The lowest BCUT2D eigenvalue weighted by atomic mass is 9.93. The van der Waals surface area contributed by atoms with Crippen molar-refractivity contribution in [3.8, 4) is 28.3 Å². The van der Waals surface area contributed by atoms with E-state index < -0.39 is 0 Å². The lowest BCUT2D eigenvalue weighted by Crippen LogP contribution is -2.27. The Kier molecular flexibility index (Phi) is 6.31. The van der Waals surface area contributed by atoms with E-state index in [9.17, 15) is 4.39 Å². The van der Waals surface area contributed by atoms with Crippen molar-refractivity contribution >= 4 is 21.8 Å². The fourth-order valence-corrected chi connectivity index (χ4v) is 5.04. The molecule has 1 saturated heterocycles. The van der Waals surface area contributed by atoms with Gasteiger partial charge >= 0.3 is 0 Å². The summed E-state index contributed by atoms with van der Waals surface area (Å²) in [5, 5.41) is 13.1. The summed E-state index contributed by atoms with van der Waals surface area (Å²) in [5.41, 5.74) is 6.11. The number of H-pyrrole nitrogens is 2. The third-order valence-electron chi connectivity index (χ3n) is 7.02. The van der Waals surface area contributed by atoms with Crippen LogP contribution in [0.25, 0.3) is 44.3 Å². The van der Waals surface area contributed by atoms with Crippen LogP contribution in [0.4, 0.5) is 4.39 Å². The molecule has 1 aromatic carbocycles. The van der Waals surface area contributed by atoms with Crippen molar-refractivity contribution < 1.29 is 9.13 Å². The Morgan fingerprint density at radius 2 is 1.86 bits per heavy atom. The van der Waals surface area contributed by atoms with E-state index in [4.69, 9.17) is 9.72 Å². The summed E-state index contributed by atoms with van der Waals surface area (Å²) in [6, 6.07) is 9.02. The highest BCUT2D eigenvalue weighted by Crippen LogP contribution is 2.36. The molecule has 6 rings (SSSR count). The van der Waals surface area contributed by atoms with Gasteiger partial charge in [0.15, 0.2) is 0 Å². The largest absolute Gasteiger partial charge is 0.492 e. The minimum atomic E-state index is -0.346. The van der Waals surface area contributed by atoms with Crippen LogP contribution in [0.1, 0.15) is 24.5 Å². The first-order valence-electron chi connectivity index (χ1n) is 12.7. The van der Waals surface area contributed by atoms with Gasteiger partial charge in [-0.25, -0.2) is 4.39 Å². The van der Waals surface area contributed by atoms with Crippen LogP contribution < -0.4 is 10.1 Å². The topological polar surface area (TPSA) is 94.8 Å². The smallest absolute Gasteiger partial charge is 0.127 e. The molecule has 4 aromatic heterocycles. The Hall–Kier alpha value is -3.82. The molecule has 0 saturated carbocycles. The molecule has 5 heterocycles. The summed E-state index contributed by atoms with van der Waals surface area (Å²) in [4.78, 5) is 14.6. The average molecular weight is 500 g/mol. The van der Waals surface area contributed by atoms with Crippen LogP contribution in [-0.2, 0) is 0 Å². The first-order valence-corrected chi connectivity index (χ1v) is 12.7. The zero-order valence-corrected chi connectivity index (χ0v) is 21.0. The molecule has 37 heavy (non-hydrogen) atoms. The molecule has 0 unspecified atom stereocenters. The van der Waals surface area contributed by atoms with Crippen molar-refractivity contribution in [3.05, 3.63) is 60.4 Å². The fraction of sp³-hybridized carbons (Fsp3) is 0.321. The Balaban J connectivity index is 1.37. The van der Waals surface area contributed by atoms with Gasteiger partial charge in [-0.3, -0.25) is 15.1 Å². The molecule has 5 aromatic rings. The van der Waals surface area contributed by atoms with Crippen molar-refractivity contribution in [1.29, 1.82) is 0 Å². The number of piperidine rings is 1. The lowest BCUT2D eigenvalue weighted by Gasteiger charge is -2.22. The zero-order chi connectivity index (χ0) is 25.4. The van der Waals surface area contributed by atoms with Crippen molar-refractivity contribution in [3.63, 3.8) is 0 Å². The van der Waals surface area contributed by atoms with Crippen LogP contribution in [0.15, 0.2) is 48.9 Å². The molecular formula is C28H30FN7O. The minimum Gasteiger partial charge on any atom is -0.492 e. The number of hydrogen-bond donors (Lipinski definition) is 3. The molecular weight excluding hydrogens is 469 g/mol. The van der Waals surface area contributed by atoms with Crippen LogP contribution in [0, 0.1) is 5.82 Å². The Morgan fingerprint density at radius 3 is 2.70 bits per heavy atom. The normalized spacial score (nSPS) is 14.7. The van der Waals surface area contributed by atoms with Gasteiger partial charge in [-0.1, -0.05) is 0 Å². The molecule has 1 aliphatic rings. The summed E-state index contributed by atoms with van der Waals surface area (Å²) in [6.45, 7) is 3.26. The highest BCUT2D eigenvalue weighted by atomic mass is 19.1. The van der Waals surface area contributed by atoms with Gasteiger partial charge in [0, 0.05) is 46.8 Å². The van der Waals surface area contributed by atoms with Crippen LogP contribution in [-0.4, -0.2) is 70.4 Å². The molecule has 0 bridgehead atoms. The summed E-state index contributed by atoms with van der Waals surface area (Å²) in [7, 11) is 3.95. The van der Waals surface area contributed by atoms with E-state index in [-0.39, 0.29) is 5.82 Å². The van der Waals surface area contributed by atoms with Crippen LogP contribution in [0.5, 0.6) is 5.75 Å². The number of likely N-dealkylation sites (N-methyl/N-ethyl adjacent to an activating group) is 1. The number of nitrogens with one attached hydrogen (secondary N) is 3. The van der Waals surface area contributed by atoms with Crippen LogP contribution >= 0.6 is 0 Å². The van der Waals surface area contributed by atoms with E-state index in [0.717, 1.165) is 76.9 Å². The second-order valence-corrected chi connectivity index (χ2v) is 9.91. The predicted molar refractivity (Wildman–Crippen MR) is 143 cm³/mol. The third-order valence-corrected chi connectivity index (χ3v) is 7.02. The first-order chi connectivity index (χ1) is 18.0. The minimum absolute atomic E-state index is 0.346. The third kappa shape index (κ3) is 4.80. The van der Waals surface area contributed by atoms with E-state index in [1.807, 2.05) is 31.3 Å². The number of fused-ring (bicyclic) bond motifs is 2. The number of aromatic nitrogens is 5. The maximum Gasteiger partial charge on any atom is 0.127 e. The summed E-state index contributed by atoms with van der Waals surface area (Å²) in [6.07, 6.45) is 7.60. The highest BCUT2D eigenvalue weighted by molar-refractivity contribution is 6.00. The van der Waals surface area contributed by atoms with Gasteiger partial charge in [-0.2, -0.15) is 5.10 Å². The zero-order valence-electron chi connectivity index (χ0n) is 21.0. The van der Waals surface area contributed by atoms with Crippen molar-refractivity contribution in [2.75, 3.05) is 40.3 Å². The molecule has 190 valence electrons. The first kappa shape index (κ1) is 23.6. The number of rotatable bonds is 7. The second kappa shape index (κ2) is 9.91. The standard InChI is InChI=1S/C28H30FN7O/c1-36(2)7-8-37-20-10-18(9-19(29)11-20)23-14-31-15-26-21(23)12-25(33-26)28-22-13-24(17-3-5-30-6-4-17)32-16-27(22)34-35-28/h9-17,30,33H,3-8H2,1-2H3,(H,34,35). The van der Waals surface area contributed by atoms with Gasteiger partial charge in [0.05, 0.1) is 29.1 Å². The summed E-state index contributed by atoms with van der Waals surface area (Å²) in [5.74, 6) is 0.608. The van der Waals surface area contributed by atoms with Crippen molar-refractivity contribution in [2.24, 2.45) is 0 Å². The molecule has 0 radical (unpaired) electrons. The van der Waals surface area contributed by atoms with Crippen LogP contribution in [0.3, 0.4) is 0 Å². The van der Waals surface area contributed by atoms with Gasteiger partial charge in [0.25, 0.3) is 0 Å². The summed E-state index contributed by atoms with van der Waals surface area (Å²) >= 11 is 0. The Bertz CT molecular complexity index is 1550. The average Bonchev–Trinajstić information content (AvgIpc) is 3.52. The van der Waals surface area contributed by atoms with Crippen molar-refractivity contribution in [2.45, 2.75) is 18.8 Å². The van der Waals surface area contributed by atoms with Gasteiger partial charge in [0.2, 0.25) is 0 Å². The number of nitrogens with zero attached hydrogens (tertiary/aromatic N) is 4. The van der Waals surface area contributed by atoms with Gasteiger partial charge < -0.3 is 19.9 Å². The number of halogens is 1. The highest BCUT2D eigenvalue weighted by Gasteiger charge is 2.20. The molecule has 1 aliphatic heterocycles. The van der Waals surface area contributed by atoms with E-state index in [1.54, 1.807) is 12.4 Å². The maximum atomic E-state index is 14.6. The van der Waals surface area contributed by atoms with E-state index in [2.05, 4.69) is 37.6 Å². The Morgan fingerprint density at radius 1 is 1.00 bits per heavy atom. The van der Waals surface area contributed by atoms with Gasteiger partial charge in [0.1, 0.15) is 23.9 Å². The number of hydrogen-bond acceptors (Lipinski definition) is 6. The fourth-order valence-electron chi connectivity index (χ4n) is 5.04. The molecule has 1 fully saturated rings. The summed E-state index contributed by atoms with van der Waals surface area (Å²) < 4.78 is 20.4. The number of aromatic amines is 2. The SMILES string of the molecule is CN(C)CCOc1cc(F)cc(-c2cncc3[nH]c(-c4n[nH]c5cnc(C6CCNCC6)cc45)cc23)c1. The van der Waals surface area contributed by atoms with Crippen LogP contribution in [0.2, 0.25) is 0 Å². The molecule has 8 nitrogen and oxygen atoms in total. The predicted octanol–water partition coefficient (Wildman–Crippen LogP) is 4.71. The van der Waals surface area contributed by atoms with Crippen molar-refractivity contribution in [1.82, 2.24) is 35.4 Å². The Labute approximate surface area is 214 Å². The van der Waals surface area contributed by atoms with Gasteiger partial charge in [-0.05, 0) is 69.9 Å². The quantitative estimate of drug-likeness (QED) is 0.300. The molecule has 0 atom stereocenters. The molecule has 0 amide bonds. The second-order valence-electron chi connectivity index (χ2n) is 9.91. The maximum absolute atomic E-state index is 14.6. The lowest BCUT2D eigenvalue weighted by molar-refractivity contribution is 0.260. The van der Waals surface area contributed by atoms with E-state index >= 15 is 0 Å². The van der Waals surface area contributed by atoms with E-state index in [1.165, 1.54) is 12.1 Å². The number of ether oxygens (including phenoxy) is 1. The van der Waals surface area contributed by atoms with Gasteiger partial charge in [-0.15, -0.1) is 0 Å². The molecule has 3 N–H and O–H groups in total. The number of pyridine rings is 2.